The maximum atomic E-state index is 6.28. The minimum absolute atomic E-state index is 0.351. The lowest BCUT2D eigenvalue weighted by molar-refractivity contribution is 0.198. The van der Waals surface area contributed by atoms with Crippen molar-refractivity contribution >= 4 is 8.32 Å². The summed E-state index contributed by atoms with van der Waals surface area (Å²) in [6.07, 6.45) is 12.9. The maximum Gasteiger partial charge on any atom is 0.222 e. The van der Waals surface area contributed by atoms with E-state index in [2.05, 4.69) is 45.9 Å². The van der Waals surface area contributed by atoms with Crippen LogP contribution in [0.25, 0.3) is 0 Å². The quantitative estimate of drug-likeness (QED) is 0.197. The fourth-order valence-corrected chi connectivity index (χ4v) is 5.85. The van der Waals surface area contributed by atoms with Crippen molar-refractivity contribution in [2.45, 2.75) is 38.8 Å². The van der Waals surface area contributed by atoms with E-state index >= 15 is 0 Å². The summed E-state index contributed by atoms with van der Waals surface area (Å²) in [6.45, 7) is 14.2. The molecule has 0 spiro atoms. The van der Waals surface area contributed by atoms with Crippen molar-refractivity contribution in [2.75, 3.05) is 19.8 Å². The van der Waals surface area contributed by atoms with Gasteiger partial charge in [0.1, 0.15) is 6.61 Å². The molecule has 0 saturated heterocycles. The molecule has 2 nitrogen and oxygen atoms in total. The lowest BCUT2D eigenvalue weighted by Gasteiger charge is -2.35. The SMILES string of the molecule is C#CCOC/C=C/CO[Si](/C=C/C=C)(C(C)C)C(C)C. The van der Waals surface area contributed by atoms with E-state index in [0.29, 0.717) is 30.9 Å². The van der Waals surface area contributed by atoms with Crippen molar-refractivity contribution in [1.82, 2.24) is 0 Å². The van der Waals surface area contributed by atoms with Crippen molar-refractivity contribution in [1.29, 1.82) is 0 Å². The van der Waals surface area contributed by atoms with Gasteiger partial charge in [0.05, 0.1) is 13.2 Å². The van der Waals surface area contributed by atoms with E-state index in [1.54, 1.807) is 0 Å². The Balaban J connectivity index is 4.55. The molecule has 0 N–H and O–H groups in total. The monoisotopic (exact) mass is 292 g/mol. The van der Waals surface area contributed by atoms with E-state index < -0.39 is 8.32 Å². The van der Waals surface area contributed by atoms with E-state index in [4.69, 9.17) is 15.6 Å². The minimum atomic E-state index is -1.92. The Hall–Kier alpha value is -1.08. The van der Waals surface area contributed by atoms with Gasteiger partial charge in [-0.05, 0) is 11.1 Å². The molecule has 0 aromatic rings. The van der Waals surface area contributed by atoms with Gasteiger partial charge in [-0.2, -0.15) is 0 Å². The zero-order chi connectivity index (χ0) is 15.4. The van der Waals surface area contributed by atoms with E-state index in [-0.39, 0.29) is 0 Å². The van der Waals surface area contributed by atoms with Gasteiger partial charge in [-0.3, -0.25) is 0 Å². The topological polar surface area (TPSA) is 18.5 Å². The molecular weight excluding hydrogens is 264 g/mol. The van der Waals surface area contributed by atoms with Crippen molar-refractivity contribution in [2.24, 2.45) is 0 Å². The van der Waals surface area contributed by atoms with Crippen molar-refractivity contribution in [3.8, 4) is 12.3 Å². The molecular formula is C17H28O2Si. The van der Waals surface area contributed by atoms with Crippen LogP contribution in [0.1, 0.15) is 27.7 Å². The van der Waals surface area contributed by atoms with Gasteiger partial charge in [0.25, 0.3) is 0 Å². The molecule has 0 aromatic heterocycles. The number of hydrogen-bond donors (Lipinski definition) is 0. The van der Waals surface area contributed by atoms with Gasteiger partial charge in [-0.15, -0.1) is 6.42 Å². The van der Waals surface area contributed by atoms with Gasteiger partial charge >= 0.3 is 0 Å². The Kier molecular flexibility index (Phi) is 10.1. The van der Waals surface area contributed by atoms with Gasteiger partial charge < -0.3 is 9.16 Å². The third-order valence-electron chi connectivity index (χ3n) is 3.29. The van der Waals surface area contributed by atoms with Crippen LogP contribution >= 0.6 is 0 Å². The second-order valence-electron chi connectivity index (χ2n) is 5.26. The van der Waals surface area contributed by atoms with Crippen molar-refractivity contribution < 1.29 is 9.16 Å². The fraction of sp³-hybridized carbons (Fsp3) is 0.529. The van der Waals surface area contributed by atoms with Gasteiger partial charge in [0.2, 0.25) is 8.32 Å². The van der Waals surface area contributed by atoms with E-state index in [0.717, 1.165) is 0 Å². The summed E-state index contributed by atoms with van der Waals surface area (Å²) in [5.74, 6) is 2.44. The van der Waals surface area contributed by atoms with Gasteiger partial charge in [0, 0.05) is 0 Å². The summed E-state index contributed by atoms with van der Waals surface area (Å²) in [7, 11) is -1.92. The van der Waals surface area contributed by atoms with Crippen LogP contribution in [0.2, 0.25) is 11.1 Å². The lowest BCUT2D eigenvalue weighted by Crippen LogP contribution is -2.43. The Morgan fingerprint density at radius 3 is 2.25 bits per heavy atom. The number of ether oxygens (including phenoxy) is 1. The van der Waals surface area contributed by atoms with Crippen LogP contribution in [-0.4, -0.2) is 28.1 Å². The molecule has 0 heterocycles. The summed E-state index contributed by atoms with van der Waals surface area (Å²) in [5.41, 5.74) is 3.28. The molecule has 112 valence electrons. The van der Waals surface area contributed by atoms with Crippen LogP contribution in [-0.2, 0) is 9.16 Å². The predicted octanol–water partition coefficient (Wildman–Crippen LogP) is 4.26. The molecule has 0 saturated carbocycles. The van der Waals surface area contributed by atoms with Crippen molar-refractivity contribution in [3.05, 3.63) is 36.6 Å². The van der Waals surface area contributed by atoms with Gasteiger partial charge in [-0.1, -0.05) is 70.2 Å². The molecule has 0 fully saturated rings. The van der Waals surface area contributed by atoms with E-state index in [1.165, 1.54) is 0 Å². The second kappa shape index (κ2) is 10.7. The van der Waals surface area contributed by atoms with Crippen LogP contribution in [0, 0.1) is 12.3 Å². The first-order valence-corrected chi connectivity index (χ1v) is 9.25. The lowest BCUT2D eigenvalue weighted by atomic mass is 10.5. The highest BCUT2D eigenvalue weighted by Crippen LogP contribution is 2.34. The Morgan fingerprint density at radius 1 is 1.15 bits per heavy atom. The highest BCUT2D eigenvalue weighted by molar-refractivity contribution is 6.81. The molecule has 0 aliphatic carbocycles. The predicted molar refractivity (Wildman–Crippen MR) is 90.0 cm³/mol. The molecule has 0 aliphatic heterocycles. The summed E-state index contributed by atoms with van der Waals surface area (Å²) in [6, 6.07) is 0. The van der Waals surface area contributed by atoms with Crippen LogP contribution in [0.3, 0.4) is 0 Å². The number of allylic oxidation sites excluding steroid dienone is 2. The fourth-order valence-electron chi connectivity index (χ4n) is 2.17. The summed E-state index contributed by atoms with van der Waals surface area (Å²) < 4.78 is 11.5. The molecule has 0 radical (unpaired) electrons. The first-order chi connectivity index (χ1) is 9.51. The largest absolute Gasteiger partial charge is 0.409 e. The molecule has 0 rings (SSSR count). The third-order valence-corrected chi connectivity index (χ3v) is 8.28. The molecule has 20 heavy (non-hydrogen) atoms. The van der Waals surface area contributed by atoms with Crippen LogP contribution in [0.5, 0.6) is 0 Å². The van der Waals surface area contributed by atoms with Crippen LogP contribution in [0.15, 0.2) is 36.6 Å². The third kappa shape index (κ3) is 6.38. The Morgan fingerprint density at radius 2 is 1.75 bits per heavy atom. The number of terminal acetylenes is 1. The van der Waals surface area contributed by atoms with Crippen molar-refractivity contribution in [3.63, 3.8) is 0 Å². The summed E-state index contributed by atoms with van der Waals surface area (Å²) in [4.78, 5) is 0. The molecule has 0 aromatic carbocycles. The van der Waals surface area contributed by atoms with E-state index in [9.17, 15) is 0 Å². The average Bonchev–Trinajstić information content (AvgIpc) is 2.40. The standard InChI is InChI=1S/C17H28O2Si/c1-7-9-15-20(16(3)4,17(5)6)19-14-11-10-13-18-12-8-2/h2,7,9-11,15-17H,1,12-14H2,3-6H3/b11-10+,15-9+. The normalized spacial score (nSPS) is 12.7. The molecule has 0 amide bonds. The highest BCUT2D eigenvalue weighted by atomic mass is 28.4. The number of hydrogen-bond acceptors (Lipinski definition) is 2. The molecule has 3 heteroatoms. The Labute approximate surface area is 125 Å². The van der Waals surface area contributed by atoms with Gasteiger partial charge in [-0.25, -0.2) is 0 Å². The highest BCUT2D eigenvalue weighted by Gasteiger charge is 2.39. The zero-order valence-corrected chi connectivity index (χ0v) is 14.3. The smallest absolute Gasteiger partial charge is 0.222 e. The molecule has 0 unspecified atom stereocenters. The average molecular weight is 292 g/mol. The number of rotatable bonds is 10. The maximum absolute atomic E-state index is 6.28. The molecule has 0 bridgehead atoms. The first-order valence-electron chi connectivity index (χ1n) is 7.11. The summed E-state index contributed by atoms with van der Waals surface area (Å²) >= 11 is 0. The minimum Gasteiger partial charge on any atom is -0.409 e. The zero-order valence-electron chi connectivity index (χ0n) is 13.3. The Bertz CT molecular complexity index is 354. The molecule has 0 aliphatic rings. The van der Waals surface area contributed by atoms with Crippen LogP contribution < -0.4 is 0 Å². The van der Waals surface area contributed by atoms with E-state index in [1.807, 2.05) is 24.3 Å². The first kappa shape index (κ1) is 18.9. The summed E-state index contributed by atoms with van der Waals surface area (Å²) in [5, 5.41) is 0. The van der Waals surface area contributed by atoms with Gasteiger partial charge in [0.15, 0.2) is 0 Å². The second-order valence-corrected chi connectivity index (χ2v) is 9.90. The molecule has 0 atom stereocenters. The van der Waals surface area contributed by atoms with Crippen LogP contribution in [0.4, 0.5) is 0 Å².